The first-order valence-electron chi connectivity index (χ1n) is 7.39. The summed E-state index contributed by atoms with van der Waals surface area (Å²) in [5.74, 6) is 0.338. The van der Waals surface area contributed by atoms with E-state index in [2.05, 4.69) is 42.5 Å². The van der Waals surface area contributed by atoms with Crippen LogP contribution in [-0.2, 0) is 10.2 Å². The summed E-state index contributed by atoms with van der Waals surface area (Å²) in [6.07, 6.45) is 1.59. The van der Waals surface area contributed by atoms with Crippen molar-refractivity contribution >= 4 is 16.6 Å². The Morgan fingerprint density at radius 1 is 0.762 bits per heavy atom. The van der Waals surface area contributed by atoms with Crippen molar-refractivity contribution in [2.45, 2.75) is 18.3 Å². The molecule has 0 aromatic heterocycles. The van der Waals surface area contributed by atoms with Crippen molar-refractivity contribution in [3.8, 4) is 0 Å². The molecule has 0 N–H and O–H groups in total. The number of ketones is 1. The van der Waals surface area contributed by atoms with Gasteiger partial charge in [0, 0.05) is 6.42 Å². The van der Waals surface area contributed by atoms with Gasteiger partial charge >= 0.3 is 0 Å². The third kappa shape index (κ3) is 1.67. The Morgan fingerprint density at radius 3 is 2.19 bits per heavy atom. The van der Waals surface area contributed by atoms with Crippen LogP contribution in [0, 0.1) is 0 Å². The van der Waals surface area contributed by atoms with Crippen molar-refractivity contribution in [2.24, 2.45) is 0 Å². The van der Waals surface area contributed by atoms with Crippen molar-refractivity contribution in [1.29, 1.82) is 0 Å². The molecule has 0 spiro atoms. The van der Waals surface area contributed by atoms with E-state index >= 15 is 0 Å². The Bertz CT molecular complexity index is 814. The van der Waals surface area contributed by atoms with Crippen LogP contribution in [0.1, 0.15) is 24.0 Å². The van der Waals surface area contributed by atoms with Gasteiger partial charge in [-0.2, -0.15) is 0 Å². The lowest BCUT2D eigenvalue weighted by molar-refractivity contribution is -0.129. The quantitative estimate of drug-likeness (QED) is 0.672. The molecule has 102 valence electrons. The van der Waals surface area contributed by atoms with Crippen LogP contribution in [0.25, 0.3) is 10.8 Å². The summed E-state index contributed by atoms with van der Waals surface area (Å²) in [6, 6.07) is 24.8. The molecule has 0 heterocycles. The predicted octanol–water partition coefficient (Wildman–Crippen LogP) is 4.49. The summed E-state index contributed by atoms with van der Waals surface area (Å²) < 4.78 is 0. The van der Waals surface area contributed by atoms with Crippen LogP contribution in [0.15, 0.2) is 72.8 Å². The topological polar surface area (TPSA) is 17.1 Å². The van der Waals surface area contributed by atoms with Crippen LogP contribution in [0.2, 0.25) is 0 Å². The molecule has 1 aliphatic rings. The Morgan fingerprint density at radius 2 is 1.48 bits per heavy atom. The second kappa shape index (κ2) is 4.56. The highest BCUT2D eigenvalue weighted by Gasteiger charge is 2.49. The largest absolute Gasteiger partial charge is 0.298 e. The van der Waals surface area contributed by atoms with E-state index < -0.39 is 5.41 Å². The van der Waals surface area contributed by atoms with Crippen molar-refractivity contribution in [3.63, 3.8) is 0 Å². The summed E-state index contributed by atoms with van der Waals surface area (Å²) in [5.41, 5.74) is 1.84. The van der Waals surface area contributed by atoms with Gasteiger partial charge in [0.15, 0.2) is 0 Å². The molecule has 1 unspecified atom stereocenters. The maximum Gasteiger partial charge on any atom is 0.147 e. The monoisotopic (exact) mass is 272 g/mol. The number of rotatable bonds is 2. The lowest BCUT2D eigenvalue weighted by Crippen LogP contribution is -2.46. The second-order valence-corrected chi connectivity index (χ2v) is 5.72. The van der Waals surface area contributed by atoms with Gasteiger partial charge in [-0.05, 0) is 28.3 Å². The fraction of sp³-hybridized carbons (Fsp3) is 0.150. The average Bonchev–Trinajstić information content (AvgIpc) is 2.55. The van der Waals surface area contributed by atoms with Crippen molar-refractivity contribution in [2.75, 3.05) is 0 Å². The molecule has 3 aromatic carbocycles. The number of carbonyl (C=O) groups excluding carboxylic acids is 1. The summed E-state index contributed by atoms with van der Waals surface area (Å²) in [6.45, 7) is 0. The molecule has 0 bridgehead atoms. The van der Waals surface area contributed by atoms with E-state index in [0.29, 0.717) is 12.2 Å². The average molecular weight is 272 g/mol. The smallest absolute Gasteiger partial charge is 0.147 e. The number of hydrogen-bond acceptors (Lipinski definition) is 1. The van der Waals surface area contributed by atoms with Gasteiger partial charge in [-0.3, -0.25) is 4.79 Å². The van der Waals surface area contributed by atoms with E-state index in [1.165, 1.54) is 10.8 Å². The standard InChI is InChI=1S/C20H16O/c21-19-13-14-20(19,16-9-2-1-3-10-16)18-12-6-8-15-7-4-5-11-17(15)18/h1-12H,13-14H2. The van der Waals surface area contributed by atoms with Gasteiger partial charge in [0.05, 0.1) is 5.41 Å². The van der Waals surface area contributed by atoms with E-state index in [-0.39, 0.29) is 0 Å². The molecule has 0 radical (unpaired) electrons. The molecular formula is C20H16O. The zero-order valence-corrected chi connectivity index (χ0v) is 11.8. The highest BCUT2D eigenvalue weighted by Crippen LogP contribution is 2.48. The highest BCUT2D eigenvalue weighted by atomic mass is 16.1. The van der Waals surface area contributed by atoms with Crippen LogP contribution < -0.4 is 0 Å². The SMILES string of the molecule is O=C1CCC1(c1ccccc1)c1cccc2ccccc12. The van der Waals surface area contributed by atoms with Crippen LogP contribution in [0.5, 0.6) is 0 Å². The predicted molar refractivity (Wildman–Crippen MR) is 85.4 cm³/mol. The highest BCUT2D eigenvalue weighted by molar-refractivity contribution is 6.03. The van der Waals surface area contributed by atoms with Gasteiger partial charge < -0.3 is 0 Å². The van der Waals surface area contributed by atoms with Crippen molar-refractivity contribution in [3.05, 3.63) is 83.9 Å². The first kappa shape index (κ1) is 12.3. The normalized spacial score (nSPS) is 21.2. The van der Waals surface area contributed by atoms with Crippen LogP contribution in [0.3, 0.4) is 0 Å². The number of hydrogen-bond donors (Lipinski definition) is 0. The second-order valence-electron chi connectivity index (χ2n) is 5.72. The number of Topliss-reactive ketones (excluding diaryl/α,β-unsaturated/α-hetero) is 1. The zero-order valence-electron chi connectivity index (χ0n) is 11.8. The third-order valence-electron chi connectivity index (χ3n) is 4.72. The molecule has 1 heteroatoms. The molecular weight excluding hydrogens is 256 g/mol. The molecule has 0 saturated heterocycles. The summed E-state index contributed by atoms with van der Waals surface area (Å²) in [5, 5.41) is 2.39. The molecule has 1 fully saturated rings. The molecule has 21 heavy (non-hydrogen) atoms. The molecule has 0 aliphatic heterocycles. The van der Waals surface area contributed by atoms with Gasteiger partial charge in [0.1, 0.15) is 5.78 Å². The third-order valence-corrected chi connectivity index (χ3v) is 4.72. The van der Waals surface area contributed by atoms with E-state index in [0.717, 1.165) is 17.5 Å². The fourth-order valence-electron chi connectivity index (χ4n) is 3.54. The lowest BCUT2D eigenvalue weighted by atomic mass is 9.59. The minimum absolute atomic E-state index is 0.338. The van der Waals surface area contributed by atoms with Crippen LogP contribution in [0.4, 0.5) is 0 Å². The van der Waals surface area contributed by atoms with Gasteiger partial charge in [0.25, 0.3) is 0 Å². The molecule has 1 atom stereocenters. The van der Waals surface area contributed by atoms with Gasteiger partial charge in [-0.1, -0.05) is 72.8 Å². The lowest BCUT2D eigenvalue weighted by Gasteiger charge is -2.41. The number of benzene rings is 3. The Hall–Kier alpha value is -2.41. The maximum atomic E-state index is 12.6. The first-order chi connectivity index (χ1) is 10.3. The fourth-order valence-corrected chi connectivity index (χ4v) is 3.54. The maximum absolute atomic E-state index is 12.6. The molecule has 1 saturated carbocycles. The van der Waals surface area contributed by atoms with Crippen LogP contribution in [-0.4, -0.2) is 5.78 Å². The van der Waals surface area contributed by atoms with E-state index in [9.17, 15) is 4.79 Å². The summed E-state index contributed by atoms with van der Waals surface area (Å²) in [4.78, 5) is 12.6. The zero-order chi connectivity index (χ0) is 14.3. The molecule has 4 rings (SSSR count). The van der Waals surface area contributed by atoms with Gasteiger partial charge in [-0.15, -0.1) is 0 Å². The first-order valence-corrected chi connectivity index (χ1v) is 7.39. The van der Waals surface area contributed by atoms with E-state index in [1.807, 2.05) is 30.3 Å². The Labute approximate surface area is 124 Å². The van der Waals surface area contributed by atoms with Crippen LogP contribution >= 0.6 is 0 Å². The van der Waals surface area contributed by atoms with Crippen molar-refractivity contribution < 1.29 is 4.79 Å². The molecule has 1 aliphatic carbocycles. The Balaban J connectivity index is 2.03. The Kier molecular flexibility index (Phi) is 2.68. The number of fused-ring (bicyclic) bond motifs is 1. The summed E-state index contributed by atoms with van der Waals surface area (Å²) >= 11 is 0. The van der Waals surface area contributed by atoms with E-state index in [4.69, 9.17) is 0 Å². The van der Waals surface area contributed by atoms with Gasteiger partial charge in [0.2, 0.25) is 0 Å². The minimum atomic E-state index is -0.442. The van der Waals surface area contributed by atoms with Gasteiger partial charge in [-0.25, -0.2) is 0 Å². The van der Waals surface area contributed by atoms with Crippen molar-refractivity contribution in [1.82, 2.24) is 0 Å². The van der Waals surface area contributed by atoms with E-state index in [1.54, 1.807) is 0 Å². The molecule has 0 amide bonds. The summed E-state index contributed by atoms with van der Waals surface area (Å²) in [7, 11) is 0. The molecule has 1 nitrogen and oxygen atoms in total. The minimum Gasteiger partial charge on any atom is -0.298 e. The molecule has 3 aromatic rings. The number of carbonyl (C=O) groups is 1.